The van der Waals surface area contributed by atoms with E-state index in [-0.39, 0.29) is 29.9 Å². The number of guanidine groups is 1. The number of aliphatic imine (C=N–C) groups is 1. The summed E-state index contributed by atoms with van der Waals surface area (Å²) in [6, 6.07) is 10.6. The first-order valence-electron chi connectivity index (χ1n) is 9.70. The molecule has 1 aliphatic heterocycles. The van der Waals surface area contributed by atoms with Gasteiger partial charge in [0, 0.05) is 43.2 Å². The van der Waals surface area contributed by atoms with Gasteiger partial charge in [0.05, 0.1) is 6.54 Å². The van der Waals surface area contributed by atoms with E-state index in [4.69, 9.17) is 0 Å². The second-order valence-corrected chi connectivity index (χ2v) is 7.65. The van der Waals surface area contributed by atoms with Crippen molar-refractivity contribution in [3.8, 4) is 0 Å². The fraction of sp³-hybridized carbons (Fsp3) is 0.600. The summed E-state index contributed by atoms with van der Waals surface area (Å²) in [5.74, 6) is 2.85. The Morgan fingerprint density at radius 1 is 1.26 bits per heavy atom. The van der Waals surface area contributed by atoms with Crippen molar-refractivity contribution in [2.45, 2.75) is 38.0 Å². The summed E-state index contributed by atoms with van der Waals surface area (Å²) in [6.07, 6.45) is 2.62. The van der Waals surface area contributed by atoms with Crippen molar-refractivity contribution in [2.24, 2.45) is 10.9 Å². The molecule has 0 saturated carbocycles. The van der Waals surface area contributed by atoms with Gasteiger partial charge in [0.15, 0.2) is 5.96 Å². The maximum atomic E-state index is 11.7. The molecule has 2 rings (SSSR count). The average molecular weight is 504 g/mol. The lowest BCUT2D eigenvalue weighted by Crippen LogP contribution is -2.40. The second kappa shape index (κ2) is 14.1. The molecule has 0 aliphatic carbocycles. The van der Waals surface area contributed by atoms with Gasteiger partial charge in [-0.2, -0.15) is 0 Å². The Labute approximate surface area is 185 Å². The van der Waals surface area contributed by atoms with Crippen molar-refractivity contribution in [1.29, 1.82) is 0 Å². The van der Waals surface area contributed by atoms with Crippen LogP contribution in [0.3, 0.4) is 0 Å². The molecule has 152 valence electrons. The highest BCUT2D eigenvalue weighted by Gasteiger charge is 2.24. The molecular weight excluding hydrogens is 471 g/mol. The maximum Gasteiger partial charge on any atom is 0.221 e. The van der Waals surface area contributed by atoms with Crippen LogP contribution in [0.15, 0.2) is 40.2 Å². The number of thioether (sulfide) groups is 1. The number of hydrogen-bond acceptors (Lipinski definition) is 3. The third-order valence-electron chi connectivity index (χ3n) is 4.32. The maximum absolute atomic E-state index is 11.7. The molecule has 1 aliphatic rings. The van der Waals surface area contributed by atoms with Gasteiger partial charge in [0.25, 0.3) is 0 Å². The second-order valence-electron chi connectivity index (χ2n) is 6.56. The minimum Gasteiger partial charge on any atom is -0.357 e. The molecule has 1 aromatic carbocycles. The van der Waals surface area contributed by atoms with Crippen LogP contribution >= 0.6 is 35.7 Å². The van der Waals surface area contributed by atoms with E-state index in [2.05, 4.69) is 64.7 Å². The Bertz CT molecular complexity index is 570. The number of halogens is 1. The Morgan fingerprint density at radius 3 is 2.74 bits per heavy atom. The summed E-state index contributed by atoms with van der Waals surface area (Å²) < 4.78 is 0. The van der Waals surface area contributed by atoms with Crippen LogP contribution in [0.25, 0.3) is 0 Å². The molecule has 0 radical (unpaired) electrons. The largest absolute Gasteiger partial charge is 0.357 e. The van der Waals surface area contributed by atoms with Crippen LogP contribution in [-0.2, 0) is 4.79 Å². The molecule has 1 atom stereocenters. The Morgan fingerprint density at radius 2 is 2.04 bits per heavy atom. The van der Waals surface area contributed by atoms with Gasteiger partial charge in [-0.15, -0.1) is 35.7 Å². The SMILES string of the molecule is CCCNC(=O)CCN=C(NCC)N1CCC(CSc2ccccc2)C1.I. The number of benzene rings is 1. The number of likely N-dealkylation sites (tertiary alicyclic amines) is 1. The van der Waals surface area contributed by atoms with E-state index in [9.17, 15) is 4.79 Å². The number of rotatable bonds is 9. The molecule has 1 saturated heterocycles. The number of carbonyl (C=O) groups is 1. The number of hydrogen-bond donors (Lipinski definition) is 2. The summed E-state index contributed by atoms with van der Waals surface area (Å²) >= 11 is 1.93. The highest BCUT2D eigenvalue weighted by atomic mass is 127. The smallest absolute Gasteiger partial charge is 0.221 e. The molecule has 1 aromatic rings. The fourth-order valence-corrected chi connectivity index (χ4v) is 3.98. The van der Waals surface area contributed by atoms with Crippen molar-refractivity contribution >= 4 is 47.6 Å². The van der Waals surface area contributed by atoms with E-state index in [1.807, 2.05) is 11.8 Å². The molecule has 1 amide bonds. The first kappa shape index (κ1) is 24.1. The summed E-state index contributed by atoms with van der Waals surface area (Å²) in [6.45, 7) is 8.35. The molecule has 0 aromatic heterocycles. The predicted molar refractivity (Wildman–Crippen MR) is 126 cm³/mol. The van der Waals surface area contributed by atoms with Gasteiger partial charge in [0.1, 0.15) is 0 Å². The Balaban J connectivity index is 0.00000364. The van der Waals surface area contributed by atoms with E-state index in [1.54, 1.807) is 0 Å². The monoisotopic (exact) mass is 504 g/mol. The van der Waals surface area contributed by atoms with Crippen molar-refractivity contribution in [3.63, 3.8) is 0 Å². The Kier molecular flexibility index (Phi) is 12.6. The first-order valence-corrected chi connectivity index (χ1v) is 10.7. The van der Waals surface area contributed by atoms with E-state index < -0.39 is 0 Å². The Hall–Kier alpha value is -0.960. The van der Waals surface area contributed by atoms with Crippen molar-refractivity contribution < 1.29 is 4.79 Å². The zero-order valence-electron chi connectivity index (χ0n) is 16.4. The molecule has 27 heavy (non-hydrogen) atoms. The van der Waals surface area contributed by atoms with Gasteiger partial charge in [0.2, 0.25) is 5.91 Å². The van der Waals surface area contributed by atoms with Gasteiger partial charge in [-0.1, -0.05) is 25.1 Å². The molecule has 1 fully saturated rings. The van der Waals surface area contributed by atoms with E-state index in [1.165, 1.54) is 11.3 Å². The number of nitrogens with one attached hydrogen (secondary N) is 2. The fourth-order valence-electron chi connectivity index (χ4n) is 2.93. The van der Waals surface area contributed by atoms with E-state index >= 15 is 0 Å². The molecule has 2 N–H and O–H groups in total. The standard InChI is InChI=1S/C20H32N4OS.HI/c1-3-12-22-19(25)10-13-23-20(21-4-2)24-14-11-17(15-24)16-26-18-8-6-5-7-9-18;/h5-9,17H,3-4,10-16H2,1-2H3,(H,21,23)(H,22,25);1H. The number of nitrogens with zero attached hydrogens (tertiary/aromatic N) is 2. The van der Waals surface area contributed by atoms with E-state index in [0.717, 1.165) is 44.3 Å². The van der Waals surface area contributed by atoms with Gasteiger partial charge in [-0.05, 0) is 37.8 Å². The molecule has 7 heteroatoms. The van der Waals surface area contributed by atoms with Crippen molar-refractivity contribution in [2.75, 3.05) is 38.5 Å². The topological polar surface area (TPSA) is 56.7 Å². The van der Waals surface area contributed by atoms with Crippen molar-refractivity contribution in [1.82, 2.24) is 15.5 Å². The van der Waals surface area contributed by atoms with Crippen LogP contribution in [0.2, 0.25) is 0 Å². The van der Waals surface area contributed by atoms with Crippen molar-refractivity contribution in [3.05, 3.63) is 30.3 Å². The lowest BCUT2D eigenvalue weighted by atomic mass is 10.2. The van der Waals surface area contributed by atoms with Crippen LogP contribution in [0.5, 0.6) is 0 Å². The lowest BCUT2D eigenvalue weighted by molar-refractivity contribution is -0.120. The minimum atomic E-state index is 0. The average Bonchev–Trinajstić information content (AvgIpc) is 3.14. The molecule has 1 unspecified atom stereocenters. The normalized spacial score (nSPS) is 16.7. The summed E-state index contributed by atoms with van der Waals surface area (Å²) in [4.78, 5) is 20.1. The third-order valence-corrected chi connectivity index (χ3v) is 5.57. The van der Waals surface area contributed by atoms with Gasteiger partial charge >= 0.3 is 0 Å². The zero-order valence-corrected chi connectivity index (χ0v) is 19.6. The van der Waals surface area contributed by atoms with Crippen LogP contribution in [-0.4, -0.2) is 55.2 Å². The molecule has 0 spiro atoms. The highest BCUT2D eigenvalue weighted by molar-refractivity contribution is 14.0. The predicted octanol–water partition coefficient (Wildman–Crippen LogP) is 3.60. The number of carbonyl (C=O) groups excluding carboxylic acids is 1. The summed E-state index contributed by atoms with van der Waals surface area (Å²) in [5.41, 5.74) is 0. The van der Waals surface area contributed by atoms with Crippen LogP contribution < -0.4 is 10.6 Å². The van der Waals surface area contributed by atoms with E-state index in [0.29, 0.717) is 18.9 Å². The highest BCUT2D eigenvalue weighted by Crippen LogP contribution is 2.25. The minimum absolute atomic E-state index is 0. The third kappa shape index (κ3) is 9.19. The summed E-state index contributed by atoms with van der Waals surface area (Å²) in [7, 11) is 0. The zero-order chi connectivity index (χ0) is 18.6. The first-order chi connectivity index (χ1) is 12.7. The quantitative estimate of drug-likeness (QED) is 0.234. The number of amides is 1. The molecular formula is C20H33IN4OS. The van der Waals surface area contributed by atoms with Crippen LogP contribution in [0.4, 0.5) is 0 Å². The van der Waals surface area contributed by atoms with Gasteiger partial charge in [-0.25, -0.2) is 0 Å². The molecule has 0 bridgehead atoms. The lowest BCUT2D eigenvalue weighted by Gasteiger charge is -2.21. The van der Waals surface area contributed by atoms with Crippen LogP contribution in [0.1, 0.15) is 33.1 Å². The molecule has 5 nitrogen and oxygen atoms in total. The van der Waals surface area contributed by atoms with Crippen LogP contribution in [0, 0.1) is 5.92 Å². The molecule has 1 heterocycles. The summed E-state index contributed by atoms with van der Waals surface area (Å²) in [5, 5.41) is 6.28. The van der Waals surface area contributed by atoms with Gasteiger partial charge in [-0.3, -0.25) is 9.79 Å². The van der Waals surface area contributed by atoms with Gasteiger partial charge < -0.3 is 15.5 Å².